The Bertz CT molecular complexity index is 449. The zero-order valence-corrected chi connectivity index (χ0v) is 10.6. The molecule has 1 aromatic rings. The van der Waals surface area contributed by atoms with Crippen molar-refractivity contribution in [3.05, 3.63) is 17.5 Å². The Balaban J connectivity index is 1.68. The second kappa shape index (κ2) is 4.39. The summed E-state index contributed by atoms with van der Waals surface area (Å²) in [5, 5.41) is 16.7. The molecule has 0 bridgehead atoms. The largest absolute Gasteiger partial charge is 0.478 e. The number of hydrogen-bond acceptors (Lipinski definition) is 3. The van der Waals surface area contributed by atoms with Crippen LogP contribution in [0.2, 0.25) is 0 Å². The lowest BCUT2D eigenvalue weighted by Gasteiger charge is -2.17. The topological polar surface area (TPSA) is 67.2 Å². The normalized spacial score (nSPS) is 19.4. The van der Waals surface area contributed by atoms with Gasteiger partial charge in [0, 0.05) is 19.6 Å². The van der Waals surface area contributed by atoms with E-state index in [2.05, 4.69) is 10.4 Å². The fourth-order valence-electron chi connectivity index (χ4n) is 2.69. The Labute approximate surface area is 106 Å². The average molecular weight is 249 g/mol. The van der Waals surface area contributed by atoms with Crippen LogP contribution in [-0.4, -0.2) is 26.9 Å². The van der Waals surface area contributed by atoms with E-state index < -0.39 is 5.97 Å². The van der Waals surface area contributed by atoms with Gasteiger partial charge >= 0.3 is 5.97 Å². The van der Waals surface area contributed by atoms with Crippen LogP contribution in [0.4, 0.5) is 0 Å². The predicted molar refractivity (Wildman–Crippen MR) is 66.2 cm³/mol. The molecule has 98 valence electrons. The van der Waals surface area contributed by atoms with Crippen LogP contribution in [0, 0.1) is 11.8 Å². The maximum absolute atomic E-state index is 11.1. The third-order valence-electron chi connectivity index (χ3n) is 4.06. The van der Waals surface area contributed by atoms with Crippen LogP contribution < -0.4 is 5.32 Å². The number of hydrogen-bond donors (Lipinski definition) is 2. The lowest BCUT2D eigenvalue weighted by atomic mass is 10.1. The molecule has 2 aliphatic rings. The first-order valence-corrected chi connectivity index (χ1v) is 6.64. The highest BCUT2D eigenvalue weighted by Gasteiger charge is 2.41. The van der Waals surface area contributed by atoms with Gasteiger partial charge < -0.3 is 10.4 Å². The summed E-state index contributed by atoms with van der Waals surface area (Å²) in [6.45, 7) is 0.607. The Morgan fingerprint density at radius 3 is 2.61 bits per heavy atom. The molecule has 2 aliphatic carbocycles. The summed E-state index contributed by atoms with van der Waals surface area (Å²) in [4.78, 5) is 11.1. The third-order valence-corrected chi connectivity index (χ3v) is 4.06. The van der Waals surface area contributed by atoms with E-state index in [9.17, 15) is 4.79 Å². The molecule has 2 N–H and O–H groups in total. The Hall–Kier alpha value is -1.36. The van der Waals surface area contributed by atoms with Crippen molar-refractivity contribution in [3.63, 3.8) is 0 Å². The molecule has 0 spiro atoms. The molecule has 0 aromatic carbocycles. The van der Waals surface area contributed by atoms with Crippen molar-refractivity contribution < 1.29 is 9.90 Å². The van der Waals surface area contributed by atoms with E-state index in [0.29, 0.717) is 18.2 Å². The minimum Gasteiger partial charge on any atom is -0.478 e. The van der Waals surface area contributed by atoms with E-state index >= 15 is 0 Å². The van der Waals surface area contributed by atoms with E-state index in [1.165, 1.54) is 31.9 Å². The number of aryl methyl sites for hydroxylation is 1. The van der Waals surface area contributed by atoms with Gasteiger partial charge in [0.1, 0.15) is 5.56 Å². The summed E-state index contributed by atoms with van der Waals surface area (Å²) in [6.07, 6.45) is 6.73. The molecule has 1 aromatic heterocycles. The van der Waals surface area contributed by atoms with Crippen LogP contribution in [0.3, 0.4) is 0 Å². The Kier molecular flexibility index (Phi) is 2.86. The summed E-state index contributed by atoms with van der Waals surface area (Å²) in [6, 6.07) is 0.585. The molecule has 3 rings (SSSR count). The van der Waals surface area contributed by atoms with E-state index in [4.69, 9.17) is 5.11 Å². The van der Waals surface area contributed by atoms with Crippen LogP contribution in [0.1, 0.15) is 41.7 Å². The molecular weight excluding hydrogens is 230 g/mol. The number of nitrogens with zero attached hydrogens (tertiary/aromatic N) is 2. The van der Waals surface area contributed by atoms with Gasteiger partial charge in [-0.05, 0) is 37.5 Å². The van der Waals surface area contributed by atoms with Crippen molar-refractivity contribution in [1.29, 1.82) is 0 Å². The van der Waals surface area contributed by atoms with Crippen molar-refractivity contribution in [3.8, 4) is 0 Å². The highest BCUT2D eigenvalue weighted by atomic mass is 16.4. The Morgan fingerprint density at radius 1 is 1.50 bits per heavy atom. The van der Waals surface area contributed by atoms with Crippen LogP contribution in [0.25, 0.3) is 0 Å². The third kappa shape index (κ3) is 2.27. The van der Waals surface area contributed by atoms with Gasteiger partial charge in [0.15, 0.2) is 0 Å². The van der Waals surface area contributed by atoms with Crippen molar-refractivity contribution in [2.75, 3.05) is 0 Å². The summed E-state index contributed by atoms with van der Waals surface area (Å²) in [5.74, 6) is 0.743. The average Bonchev–Trinajstić information content (AvgIpc) is 3.21. The lowest BCUT2D eigenvalue weighted by molar-refractivity contribution is 0.0695. The van der Waals surface area contributed by atoms with Gasteiger partial charge in [-0.2, -0.15) is 5.10 Å². The van der Waals surface area contributed by atoms with E-state index in [-0.39, 0.29) is 0 Å². The van der Waals surface area contributed by atoms with Crippen LogP contribution >= 0.6 is 0 Å². The summed E-state index contributed by atoms with van der Waals surface area (Å²) in [5.41, 5.74) is 1.09. The number of carboxylic acids is 1. The van der Waals surface area contributed by atoms with Gasteiger partial charge in [0.05, 0.1) is 11.9 Å². The highest BCUT2D eigenvalue weighted by Crippen LogP contribution is 2.44. The number of carboxylic acid groups (broad SMARTS) is 1. The lowest BCUT2D eigenvalue weighted by Crippen LogP contribution is -2.33. The van der Waals surface area contributed by atoms with Gasteiger partial charge in [-0.25, -0.2) is 4.79 Å². The minimum atomic E-state index is -0.894. The fourth-order valence-corrected chi connectivity index (χ4v) is 2.69. The molecule has 2 fully saturated rings. The number of carbonyl (C=O) groups is 1. The van der Waals surface area contributed by atoms with Crippen LogP contribution in [0.5, 0.6) is 0 Å². The quantitative estimate of drug-likeness (QED) is 0.799. The number of aromatic nitrogens is 2. The number of nitrogens with one attached hydrogen (secondary N) is 1. The predicted octanol–water partition coefficient (Wildman–Crippen LogP) is 1.40. The maximum Gasteiger partial charge on any atom is 0.339 e. The van der Waals surface area contributed by atoms with Crippen molar-refractivity contribution in [2.45, 2.75) is 38.3 Å². The summed E-state index contributed by atoms with van der Waals surface area (Å²) < 4.78 is 1.66. The van der Waals surface area contributed by atoms with E-state index in [0.717, 1.165) is 17.5 Å². The van der Waals surface area contributed by atoms with Gasteiger partial charge in [0.2, 0.25) is 0 Å². The molecule has 1 heterocycles. The van der Waals surface area contributed by atoms with Gasteiger partial charge in [0.25, 0.3) is 0 Å². The van der Waals surface area contributed by atoms with Crippen LogP contribution in [-0.2, 0) is 13.6 Å². The monoisotopic (exact) mass is 249 g/mol. The molecule has 0 aliphatic heterocycles. The zero-order chi connectivity index (χ0) is 12.7. The molecule has 5 nitrogen and oxygen atoms in total. The molecular formula is C13H19N3O2. The first-order chi connectivity index (χ1) is 8.66. The zero-order valence-electron chi connectivity index (χ0n) is 10.6. The maximum atomic E-state index is 11.1. The van der Waals surface area contributed by atoms with Gasteiger partial charge in [-0.3, -0.25) is 4.68 Å². The van der Waals surface area contributed by atoms with Crippen molar-refractivity contribution >= 4 is 5.97 Å². The van der Waals surface area contributed by atoms with Crippen molar-refractivity contribution in [1.82, 2.24) is 15.1 Å². The Morgan fingerprint density at radius 2 is 2.11 bits per heavy atom. The standard InChI is InChI=1S/C13H19N3O2/c1-16-11(10(6-15-16)13(17)18)7-14-12(8-2-3-8)9-4-5-9/h6,8-9,12,14H,2-5,7H2,1H3,(H,17,18). The number of rotatable bonds is 6. The summed E-state index contributed by atoms with van der Waals surface area (Å²) >= 11 is 0. The van der Waals surface area contributed by atoms with E-state index in [1.807, 2.05) is 0 Å². The first kappa shape index (κ1) is 11.7. The molecule has 18 heavy (non-hydrogen) atoms. The fraction of sp³-hybridized carbons (Fsp3) is 0.692. The minimum absolute atomic E-state index is 0.315. The smallest absolute Gasteiger partial charge is 0.339 e. The molecule has 0 unspecified atom stereocenters. The number of aromatic carboxylic acids is 1. The highest BCUT2D eigenvalue weighted by molar-refractivity contribution is 5.88. The summed E-state index contributed by atoms with van der Waals surface area (Å²) in [7, 11) is 1.80. The van der Waals surface area contributed by atoms with Gasteiger partial charge in [-0.1, -0.05) is 0 Å². The SMILES string of the molecule is Cn1ncc(C(=O)O)c1CNC(C1CC1)C1CC1. The molecule has 0 atom stereocenters. The second-order valence-electron chi connectivity index (χ2n) is 5.52. The molecule has 2 saturated carbocycles. The van der Waals surface area contributed by atoms with Crippen LogP contribution in [0.15, 0.2) is 6.20 Å². The second-order valence-corrected chi connectivity index (χ2v) is 5.52. The van der Waals surface area contributed by atoms with E-state index in [1.54, 1.807) is 11.7 Å². The van der Waals surface area contributed by atoms with Crippen molar-refractivity contribution in [2.24, 2.45) is 18.9 Å². The molecule has 0 amide bonds. The molecule has 5 heteroatoms. The first-order valence-electron chi connectivity index (χ1n) is 6.64. The molecule has 0 saturated heterocycles. The molecule has 0 radical (unpaired) electrons. The van der Waals surface area contributed by atoms with Gasteiger partial charge in [-0.15, -0.1) is 0 Å².